The number of unbranched alkanes of at least 4 members (excludes halogenated alkanes) is 1. The molecule has 0 saturated heterocycles. The fraction of sp³-hybridized carbons (Fsp3) is 0.562. The van der Waals surface area contributed by atoms with Crippen LogP contribution in [0, 0.1) is 5.82 Å². The van der Waals surface area contributed by atoms with Gasteiger partial charge in [-0.1, -0.05) is 19.4 Å². The molecule has 0 radical (unpaired) electrons. The topological polar surface area (TPSA) is 52.6 Å². The van der Waals surface area contributed by atoms with Crippen LogP contribution in [0.25, 0.3) is 0 Å². The maximum absolute atomic E-state index is 13.2. The Morgan fingerprint density at radius 3 is 3.00 bits per heavy atom. The second-order valence-corrected chi connectivity index (χ2v) is 5.45. The number of nitrogens with one attached hydrogen (secondary N) is 1. The van der Waals surface area contributed by atoms with Gasteiger partial charge in [0.2, 0.25) is 0 Å². The zero-order valence-electron chi connectivity index (χ0n) is 12.4. The smallest absolute Gasteiger partial charge is 0.317 e. The van der Waals surface area contributed by atoms with E-state index in [2.05, 4.69) is 12.2 Å². The third-order valence-electron chi connectivity index (χ3n) is 3.92. The number of benzene rings is 1. The van der Waals surface area contributed by atoms with Crippen LogP contribution >= 0.6 is 0 Å². The van der Waals surface area contributed by atoms with Gasteiger partial charge in [0.15, 0.2) is 0 Å². The van der Waals surface area contributed by atoms with Gasteiger partial charge in [0.05, 0.1) is 12.6 Å². The Balaban J connectivity index is 2.00. The molecule has 1 aromatic rings. The van der Waals surface area contributed by atoms with Crippen molar-refractivity contribution >= 4 is 6.03 Å². The first-order chi connectivity index (χ1) is 10.2. The summed E-state index contributed by atoms with van der Waals surface area (Å²) in [6.07, 6.45) is 3.50. The Bertz CT molecular complexity index is 493. The van der Waals surface area contributed by atoms with Gasteiger partial charge in [-0.2, -0.15) is 0 Å². The van der Waals surface area contributed by atoms with E-state index in [9.17, 15) is 9.18 Å². The molecule has 1 aromatic carbocycles. The van der Waals surface area contributed by atoms with Crippen LogP contribution in [0.15, 0.2) is 18.2 Å². The number of rotatable bonds is 6. The molecule has 4 nitrogen and oxygen atoms in total. The molecule has 2 amide bonds. The maximum atomic E-state index is 13.2. The summed E-state index contributed by atoms with van der Waals surface area (Å²) < 4.78 is 13.2. The van der Waals surface area contributed by atoms with Crippen LogP contribution in [-0.4, -0.2) is 35.7 Å². The molecule has 0 fully saturated rings. The van der Waals surface area contributed by atoms with E-state index >= 15 is 0 Å². The molecule has 1 aliphatic rings. The monoisotopic (exact) mass is 294 g/mol. The highest BCUT2D eigenvalue weighted by molar-refractivity contribution is 5.75. The Morgan fingerprint density at radius 1 is 1.48 bits per heavy atom. The molecule has 2 N–H and O–H groups in total. The third kappa shape index (κ3) is 3.94. The van der Waals surface area contributed by atoms with E-state index in [0.717, 1.165) is 36.8 Å². The number of hydrogen-bond acceptors (Lipinski definition) is 2. The molecule has 1 aliphatic carbocycles. The summed E-state index contributed by atoms with van der Waals surface area (Å²) in [5, 5.41) is 12.1. The quantitative estimate of drug-likeness (QED) is 0.847. The second kappa shape index (κ2) is 7.41. The SMILES string of the molecule is CCCCN(CCO)C(=O)NC1CCc2cc(F)ccc21. The van der Waals surface area contributed by atoms with Crippen LogP contribution in [0.3, 0.4) is 0 Å². The molecule has 0 spiro atoms. The Hall–Kier alpha value is -1.62. The average Bonchev–Trinajstić information content (AvgIpc) is 2.85. The van der Waals surface area contributed by atoms with Crippen molar-refractivity contribution in [3.8, 4) is 0 Å². The van der Waals surface area contributed by atoms with E-state index in [0.29, 0.717) is 13.1 Å². The predicted molar refractivity (Wildman–Crippen MR) is 79.6 cm³/mol. The number of amides is 2. The van der Waals surface area contributed by atoms with E-state index < -0.39 is 0 Å². The van der Waals surface area contributed by atoms with E-state index in [4.69, 9.17) is 5.11 Å². The van der Waals surface area contributed by atoms with Crippen LogP contribution in [-0.2, 0) is 6.42 Å². The number of halogens is 1. The van der Waals surface area contributed by atoms with Crippen LogP contribution in [0.2, 0.25) is 0 Å². The van der Waals surface area contributed by atoms with Crippen LogP contribution in [0.5, 0.6) is 0 Å². The molecule has 0 aliphatic heterocycles. The van der Waals surface area contributed by atoms with Crippen molar-refractivity contribution < 1.29 is 14.3 Å². The number of hydrogen-bond donors (Lipinski definition) is 2. The van der Waals surface area contributed by atoms with Gasteiger partial charge in [0, 0.05) is 13.1 Å². The van der Waals surface area contributed by atoms with Crippen molar-refractivity contribution in [3.05, 3.63) is 35.1 Å². The minimum Gasteiger partial charge on any atom is -0.395 e. The largest absolute Gasteiger partial charge is 0.395 e. The highest BCUT2D eigenvalue weighted by Crippen LogP contribution is 2.31. The normalized spacial score (nSPS) is 16.6. The molecule has 0 saturated carbocycles. The number of carbonyl (C=O) groups excluding carboxylic acids is 1. The molecule has 0 aromatic heterocycles. The number of carbonyl (C=O) groups is 1. The maximum Gasteiger partial charge on any atom is 0.317 e. The summed E-state index contributed by atoms with van der Waals surface area (Å²) in [6.45, 7) is 3.01. The van der Waals surface area contributed by atoms with E-state index in [1.54, 1.807) is 17.0 Å². The first kappa shape index (κ1) is 15.8. The lowest BCUT2D eigenvalue weighted by atomic mass is 10.1. The fourth-order valence-corrected chi connectivity index (χ4v) is 2.76. The van der Waals surface area contributed by atoms with Crippen LogP contribution in [0.4, 0.5) is 9.18 Å². The van der Waals surface area contributed by atoms with Gasteiger partial charge in [-0.3, -0.25) is 0 Å². The number of fused-ring (bicyclic) bond motifs is 1. The van der Waals surface area contributed by atoms with Crippen molar-refractivity contribution in [2.24, 2.45) is 0 Å². The van der Waals surface area contributed by atoms with Gasteiger partial charge in [-0.25, -0.2) is 9.18 Å². The van der Waals surface area contributed by atoms with Crippen molar-refractivity contribution in [3.63, 3.8) is 0 Å². The molecule has 0 heterocycles. The molecular formula is C16H23FN2O2. The summed E-state index contributed by atoms with van der Waals surface area (Å²) in [4.78, 5) is 13.9. The number of aliphatic hydroxyl groups is 1. The molecule has 0 bridgehead atoms. The second-order valence-electron chi connectivity index (χ2n) is 5.45. The highest BCUT2D eigenvalue weighted by Gasteiger charge is 2.25. The third-order valence-corrected chi connectivity index (χ3v) is 3.92. The molecule has 116 valence electrons. The zero-order valence-corrected chi connectivity index (χ0v) is 12.4. The van der Waals surface area contributed by atoms with Crippen molar-refractivity contribution in [2.45, 2.75) is 38.6 Å². The first-order valence-electron chi connectivity index (χ1n) is 7.60. The summed E-state index contributed by atoms with van der Waals surface area (Å²) in [5.74, 6) is -0.231. The summed E-state index contributed by atoms with van der Waals surface area (Å²) in [7, 11) is 0. The standard InChI is InChI=1S/C16H23FN2O2/c1-2-3-8-19(9-10-20)16(21)18-15-7-4-12-11-13(17)5-6-14(12)15/h5-6,11,15,20H,2-4,7-10H2,1H3,(H,18,21). The lowest BCUT2D eigenvalue weighted by Gasteiger charge is -2.24. The lowest BCUT2D eigenvalue weighted by Crippen LogP contribution is -2.43. The predicted octanol–water partition coefficient (Wildman–Crippen LogP) is 2.62. The number of urea groups is 1. The molecule has 2 rings (SSSR count). The van der Waals surface area contributed by atoms with E-state index in [-0.39, 0.29) is 24.5 Å². The van der Waals surface area contributed by atoms with Crippen molar-refractivity contribution in [1.82, 2.24) is 10.2 Å². The average molecular weight is 294 g/mol. The Kier molecular flexibility index (Phi) is 5.56. The number of nitrogens with zero attached hydrogens (tertiary/aromatic N) is 1. The minimum absolute atomic E-state index is 0.0381. The Morgan fingerprint density at radius 2 is 2.29 bits per heavy atom. The number of aliphatic hydroxyl groups excluding tert-OH is 1. The van der Waals surface area contributed by atoms with E-state index in [1.807, 2.05) is 0 Å². The van der Waals surface area contributed by atoms with Gasteiger partial charge in [0.25, 0.3) is 0 Å². The van der Waals surface area contributed by atoms with Gasteiger partial charge < -0.3 is 15.3 Å². The molecule has 5 heteroatoms. The van der Waals surface area contributed by atoms with E-state index in [1.165, 1.54) is 6.07 Å². The van der Waals surface area contributed by atoms with Crippen molar-refractivity contribution in [2.75, 3.05) is 19.7 Å². The van der Waals surface area contributed by atoms with Crippen LogP contribution < -0.4 is 5.32 Å². The first-order valence-corrected chi connectivity index (χ1v) is 7.60. The van der Waals surface area contributed by atoms with Crippen LogP contribution in [0.1, 0.15) is 43.4 Å². The molecule has 1 unspecified atom stereocenters. The summed E-state index contributed by atoms with van der Waals surface area (Å²) in [6, 6.07) is 4.52. The summed E-state index contributed by atoms with van der Waals surface area (Å²) in [5.41, 5.74) is 1.98. The van der Waals surface area contributed by atoms with Gasteiger partial charge in [0.1, 0.15) is 5.82 Å². The van der Waals surface area contributed by atoms with Gasteiger partial charge >= 0.3 is 6.03 Å². The summed E-state index contributed by atoms with van der Waals surface area (Å²) >= 11 is 0. The molecular weight excluding hydrogens is 271 g/mol. The molecule has 1 atom stereocenters. The fourth-order valence-electron chi connectivity index (χ4n) is 2.76. The van der Waals surface area contributed by atoms with Gasteiger partial charge in [-0.05, 0) is 42.5 Å². The zero-order chi connectivity index (χ0) is 15.2. The van der Waals surface area contributed by atoms with Crippen molar-refractivity contribution in [1.29, 1.82) is 0 Å². The Labute approximate surface area is 125 Å². The highest BCUT2D eigenvalue weighted by atomic mass is 19.1. The number of aryl methyl sites for hydroxylation is 1. The van der Waals surface area contributed by atoms with Gasteiger partial charge in [-0.15, -0.1) is 0 Å². The lowest BCUT2D eigenvalue weighted by molar-refractivity contribution is 0.173. The minimum atomic E-state index is -0.231. The molecule has 21 heavy (non-hydrogen) atoms.